The lowest BCUT2D eigenvalue weighted by atomic mass is 10.1. The van der Waals surface area contributed by atoms with Gasteiger partial charge in [-0.1, -0.05) is 11.8 Å². The molecule has 1 aromatic rings. The zero-order valence-electron chi connectivity index (χ0n) is 12.8. The Balaban J connectivity index is 2.97. The Morgan fingerprint density at radius 1 is 1.38 bits per heavy atom. The average Bonchev–Trinajstić information content (AvgIpc) is 2.35. The number of nitrogens with one attached hydrogen (secondary N) is 1. The molecular weight excluding hydrogens is 288 g/mol. The van der Waals surface area contributed by atoms with Crippen LogP contribution < -0.4 is 4.72 Å². The van der Waals surface area contributed by atoms with E-state index >= 15 is 0 Å². The molecule has 2 N–H and O–H groups in total. The second-order valence-corrected chi connectivity index (χ2v) is 6.94. The summed E-state index contributed by atoms with van der Waals surface area (Å²) < 4.78 is 27.2. The van der Waals surface area contributed by atoms with Crippen molar-refractivity contribution >= 4 is 10.0 Å². The van der Waals surface area contributed by atoms with Crippen LogP contribution in [-0.4, -0.2) is 51.7 Å². The van der Waals surface area contributed by atoms with Gasteiger partial charge in [0, 0.05) is 18.2 Å². The number of aliphatic hydroxyl groups is 1. The molecule has 0 aliphatic rings. The predicted molar refractivity (Wildman–Crippen MR) is 83.5 cm³/mol. The van der Waals surface area contributed by atoms with Gasteiger partial charge in [-0.3, -0.25) is 0 Å². The van der Waals surface area contributed by atoms with E-state index in [1.165, 1.54) is 6.07 Å². The number of hydrogen-bond acceptors (Lipinski definition) is 4. The fourth-order valence-corrected chi connectivity index (χ4v) is 3.32. The highest BCUT2D eigenvalue weighted by Gasteiger charge is 2.18. The standard InChI is InChI=1S/C15H22N2O3S/c1-12-10-15(8-7-14(12)6-5-9-18)21(19,20)16-13(2)11-17(3)4/h7-8,10,13,16,18H,9,11H2,1-4H3. The quantitative estimate of drug-likeness (QED) is 0.780. The first-order valence-corrected chi connectivity index (χ1v) is 8.12. The number of hydrogen-bond donors (Lipinski definition) is 2. The first kappa shape index (κ1) is 17.7. The van der Waals surface area contributed by atoms with Crippen molar-refractivity contribution in [2.24, 2.45) is 0 Å². The number of rotatable bonds is 5. The van der Waals surface area contributed by atoms with Crippen molar-refractivity contribution in [2.75, 3.05) is 27.2 Å². The Labute approximate surface area is 127 Å². The molecule has 0 aliphatic heterocycles. The van der Waals surface area contributed by atoms with E-state index in [4.69, 9.17) is 5.11 Å². The van der Waals surface area contributed by atoms with Crippen LogP contribution in [0.5, 0.6) is 0 Å². The summed E-state index contributed by atoms with van der Waals surface area (Å²) in [5.74, 6) is 5.34. The van der Waals surface area contributed by atoms with E-state index in [1.807, 2.05) is 25.9 Å². The lowest BCUT2D eigenvalue weighted by Gasteiger charge is -2.18. The minimum Gasteiger partial charge on any atom is -0.384 e. The van der Waals surface area contributed by atoms with Crippen molar-refractivity contribution in [1.29, 1.82) is 0 Å². The number of aliphatic hydroxyl groups excluding tert-OH is 1. The van der Waals surface area contributed by atoms with Crippen molar-refractivity contribution in [3.05, 3.63) is 29.3 Å². The number of nitrogens with zero attached hydrogens (tertiary/aromatic N) is 1. The maximum atomic E-state index is 12.3. The molecule has 0 aliphatic carbocycles. The highest BCUT2D eigenvalue weighted by molar-refractivity contribution is 7.89. The van der Waals surface area contributed by atoms with E-state index in [2.05, 4.69) is 16.6 Å². The lowest BCUT2D eigenvalue weighted by Crippen LogP contribution is -2.39. The number of likely N-dealkylation sites (N-methyl/N-ethyl adjacent to an activating group) is 1. The van der Waals surface area contributed by atoms with Crippen LogP contribution in [0, 0.1) is 18.8 Å². The summed E-state index contributed by atoms with van der Waals surface area (Å²) >= 11 is 0. The van der Waals surface area contributed by atoms with Crippen LogP contribution in [-0.2, 0) is 10.0 Å². The first-order chi connectivity index (χ1) is 9.76. The second-order valence-electron chi connectivity index (χ2n) is 5.22. The molecule has 0 spiro atoms. The SMILES string of the molecule is Cc1cc(S(=O)(=O)NC(C)CN(C)C)ccc1C#CCO. The summed E-state index contributed by atoms with van der Waals surface area (Å²) in [6, 6.07) is 4.59. The fourth-order valence-electron chi connectivity index (χ4n) is 2.00. The summed E-state index contributed by atoms with van der Waals surface area (Å²) in [6.07, 6.45) is 0. The Bertz CT molecular complexity index is 643. The molecule has 116 valence electrons. The Kier molecular flexibility index (Phi) is 6.37. The lowest BCUT2D eigenvalue weighted by molar-refractivity contribution is 0.350. The van der Waals surface area contributed by atoms with Gasteiger partial charge in [-0.05, 0) is 51.7 Å². The Hall–Kier alpha value is -1.39. The molecule has 0 fully saturated rings. The molecule has 0 heterocycles. The zero-order valence-corrected chi connectivity index (χ0v) is 13.7. The van der Waals surface area contributed by atoms with Gasteiger partial charge in [-0.25, -0.2) is 13.1 Å². The van der Waals surface area contributed by atoms with Gasteiger partial charge in [0.1, 0.15) is 6.61 Å². The van der Waals surface area contributed by atoms with Crippen LogP contribution in [0.3, 0.4) is 0 Å². The van der Waals surface area contributed by atoms with Crippen molar-refractivity contribution in [3.8, 4) is 11.8 Å². The third-order valence-electron chi connectivity index (χ3n) is 2.81. The molecule has 1 aromatic carbocycles. The molecule has 6 heteroatoms. The molecule has 1 unspecified atom stereocenters. The first-order valence-electron chi connectivity index (χ1n) is 6.63. The molecule has 1 atom stereocenters. The maximum absolute atomic E-state index is 12.3. The largest absolute Gasteiger partial charge is 0.384 e. The maximum Gasteiger partial charge on any atom is 0.240 e. The molecule has 5 nitrogen and oxygen atoms in total. The van der Waals surface area contributed by atoms with Crippen LogP contribution in [0.15, 0.2) is 23.1 Å². The predicted octanol–water partition coefficient (Wildman–Crippen LogP) is 0.567. The molecule has 21 heavy (non-hydrogen) atoms. The molecule has 1 rings (SSSR count). The number of aryl methyl sites for hydroxylation is 1. The van der Waals surface area contributed by atoms with Gasteiger partial charge in [0.2, 0.25) is 10.0 Å². The van der Waals surface area contributed by atoms with Gasteiger partial charge < -0.3 is 10.0 Å². The van der Waals surface area contributed by atoms with E-state index in [0.29, 0.717) is 12.1 Å². The van der Waals surface area contributed by atoms with Gasteiger partial charge in [0.25, 0.3) is 0 Å². The number of sulfonamides is 1. The van der Waals surface area contributed by atoms with E-state index in [0.717, 1.165) is 5.56 Å². The third-order valence-corrected chi connectivity index (χ3v) is 4.39. The van der Waals surface area contributed by atoms with Gasteiger partial charge >= 0.3 is 0 Å². The monoisotopic (exact) mass is 310 g/mol. The van der Waals surface area contributed by atoms with Gasteiger partial charge in [0.05, 0.1) is 4.90 Å². The van der Waals surface area contributed by atoms with Crippen molar-refractivity contribution in [3.63, 3.8) is 0 Å². The molecule has 0 bridgehead atoms. The molecule has 0 saturated carbocycles. The highest BCUT2D eigenvalue weighted by atomic mass is 32.2. The van der Waals surface area contributed by atoms with Gasteiger partial charge in [-0.2, -0.15) is 0 Å². The average molecular weight is 310 g/mol. The summed E-state index contributed by atoms with van der Waals surface area (Å²) in [6.45, 7) is 4.02. The summed E-state index contributed by atoms with van der Waals surface area (Å²) in [7, 11) is 0.246. The molecule has 0 saturated heterocycles. The van der Waals surface area contributed by atoms with Crippen molar-refractivity contribution < 1.29 is 13.5 Å². The zero-order chi connectivity index (χ0) is 16.0. The van der Waals surface area contributed by atoms with Gasteiger partial charge in [-0.15, -0.1) is 0 Å². The van der Waals surface area contributed by atoms with Crippen molar-refractivity contribution in [1.82, 2.24) is 9.62 Å². The van der Waals surface area contributed by atoms with Gasteiger partial charge in [0.15, 0.2) is 0 Å². The van der Waals surface area contributed by atoms with Crippen LogP contribution in [0.2, 0.25) is 0 Å². The minimum absolute atomic E-state index is 0.181. The van der Waals surface area contributed by atoms with E-state index in [-0.39, 0.29) is 17.5 Å². The Morgan fingerprint density at radius 3 is 2.57 bits per heavy atom. The third kappa shape index (κ3) is 5.48. The molecule has 0 amide bonds. The Morgan fingerprint density at radius 2 is 2.05 bits per heavy atom. The van der Waals surface area contributed by atoms with Crippen LogP contribution in [0.25, 0.3) is 0 Å². The number of benzene rings is 1. The van der Waals surface area contributed by atoms with E-state index in [9.17, 15) is 8.42 Å². The fraction of sp³-hybridized carbons (Fsp3) is 0.467. The van der Waals surface area contributed by atoms with E-state index < -0.39 is 10.0 Å². The minimum atomic E-state index is -3.54. The normalized spacial score (nSPS) is 12.9. The van der Waals surface area contributed by atoms with E-state index in [1.54, 1.807) is 19.1 Å². The highest BCUT2D eigenvalue weighted by Crippen LogP contribution is 2.15. The van der Waals surface area contributed by atoms with Crippen LogP contribution in [0.4, 0.5) is 0 Å². The summed E-state index contributed by atoms with van der Waals surface area (Å²) in [5, 5.41) is 8.69. The smallest absolute Gasteiger partial charge is 0.240 e. The molecule has 0 aromatic heterocycles. The second kappa shape index (κ2) is 7.57. The van der Waals surface area contributed by atoms with Crippen molar-refractivity contribution in [2.45, 2.75) is 24.8 Å². The molecular formula is C15H22N2O3S. The van der Waals surface area contributed by atoms with Crippen LogP contribution >= 0.6 is 0 Å². The topological polar surface area (TPSA) is 69.6 Å². The molecule has 0 radical (unpaired) electrons. The van der Waals surface area contributed by atoms with Crippen LogP contribution in [0.1, 0.15) is 18.1 Å². The summed E-state index contributed by atoms with van der Waals surface area (Å²) in [5.41, 5.74) is 1.48. The summed E-state index contributed by atoms with van der Waals surface area (Å²) in [4.78, 5) is 2.14.